The molecule has 3 rings (SSSR count). The Bertz CT molecular complexity index is 1060. The van der Waals surface area contributed by atoms with E-state index in [0.717, 1.165) is 5.56 Å². The molecule has 0 amide bonds. The Labute approximate surface area is 153 Å². The van der Waals surface area contributed by atoms with Gasteiger partial charge in [-0.2, -0.15) is 0 Å². The van der Waals surface area contributed by atoms with E-state index in [1.165, 1.54) is 20.9 Å². The Balaban J connectivity index is 2.18. The summed E-state index contributed by atoms with van der Waals surface area (Å²) < 4.78 is 4.35. The van der Waals surface area contributed by atoms with Crippen molar-refractivity contribution in [1.29, 1.82) is 0 Å². The van der Waals surface area contributed by atoms with Gasteiger partial charge in [-0.3, -0.25) is 13.9 Å². The van der Waals surface area contributed by atoms with Gasteiger partial charge in [-0.1, -0.05) is 41.6 Å². The first kappa shape index (κ1) is 17.6. The van der Waals surface area contributed by atoms with E-state index in [2.05, 4.69) is 11.6 Å². The van der Waals surface area contributed by atoms with Gasteiger partial charge in [0.05, 0.1) is 6.54 Å². The zero-order chi connectivity index (χ0) is 18.1. The fourth-order valence-corrected chi connectivity index (χ4v) is 3.43. The molecule has 8 heteroatoms. The molecule has 6 nitrogen and oxygen atoms in total. The van der Waals surface area contributed by atoms with Crippen molar-refractivity contribution in [2.45, 2.75) is 11.7 Å². The van der Waals surface area contributed by atoms with Gasteiger partial charge in [0.2, 0.25) is 0 Å². The zero-order valence-corrected chi connectivity index (χ0v) is 15.5. The van der Waals surface area contributed by atoms with Crippen molar-refractivity contribution in [3.8, 4) is 0 Å². The molecule has 0 fully saturated rings. The average molecular weight is 377 g/mol. The molecule has 0 saturated carbocycles. The first-order valence-electron chi connectivity index (χ1n) is 7.58. The third-order valence-electron chi connectivity index (χ3n) is 3.90. The molecule has 0 saturated heterocycles. The van der Waals surface area contributed by atoms with Gasteiger partial charge in [-0.05, 0) is 17.7 Å². The van der Waals surface area contributed by atoms with Crippen molar-refractivity contribution in [2.24, 2.45) is 14.1 Å². The number of thioether (sulfide) groups is 1. The van der Waals surface area contributed by atoms with E-state index in [9.17, 15) is 9.59 Å². The van der Waals surface area contributed by atoms with E-state index >= 15 is 0 Å². The number of fused-ring (bicyclic) bond motifs is 1. The first-order chi connectivity index (χ1) is 11.9. The van der Waals surface area contributed by atoms with Gasteiger partial charge < -0.3 is 4.57 Å². The summed E-state index contributed by atoms with van der Waals surface area (Å²) in [4.78, 5) is 30.0. The summed E-state index contributed by atoms with van der Waals surface area (Å²) in [7, 11) is 3.40. The highest BCUT2D eigenvalue weighted by Gasteiger charge is 2.18. The van der Waals surface area contributed by atoms with Crippen LogP contribution in [-0.2, 0) is 20.6 Å². The lowest BCUT2D eigenvalue weighted by molar-refractivity contribution is 0.655. The fourth-order valence-electron chi connectivity index (χ4n) is 2.60. The van der Waals surface area contributed by atoms with Crippen molar-refractivity contribution in [1.82, 2.24) is 18.7 Å². The van der Waals surface area contributed by atoms with Crippen molar-refractivity contribution >= 4 is 34.5 Å². The smallest absolute Gasteiger partial charge is 0.316 e. The molecule has 25 heavy (non-hydrogen) atoms. The Morgan fingerprint density at radius 1 is 1.20 bits per heavy atom. The molecule has 0 bridgehead atoms. The van der Waals surface area contributed by atoms with Gasteiger partial charge in [0.1, 0.15) is 0 Å². The minimum atomic E-state index is -0.397. The molecular weight excluding hydrogens is 360 g/mol. The molecule has 0 unspecified atom stereocenters. The normalized spacial score (nSPS) is 11.2. The molecule has 0 radical (unpaired) electrons. The van der Waals surface area contributed by atoms with Crippen LogP contribution in [0.15, 0.2) is 51.7 Å². The molecule has 2 heterocycles. The summed E-state index contributed by atoms with van der Waals surface area (Å²) in [5.74, 6) is 0.671. The van der Waals surface area contributed by atoms with Crippen LogP contribution in [0.4, 0.5) is 0 Å². The number of imidazole rings is 1. The number of benzene rings is 1. The molecule has 0 atom stereocenters. The highest BCUT2D eigenvalue weighted by molar-refractivity contribution is 7.99. The molecular formula is C17H17ClN4O2S. The van der Waals surface area contributed by atoms with Crippen molar-refractivity contribution in [2.75, 3.05) is 5.75 Å². The van der Waals surface area contributed by atoms with Crippen molar-refractivity contribution in [3.63, 3.8) is 0 Å². The van der Waals surface area contributed by atoms with Crippen LogP contribution in [0, 0.1) is 0 Å². The maximum atomic E-state index is 12.9. The van der Waals surface area contributed by atoms with Crippen LogP contribution in [0.25, 0.3) is 11.2 Å². The maximum absolute atomic E-state index is 12.9. The van der Waals surface area contributed by atoms with Gasteiger partial charge in [0, 0.05) is 24.9 Å². The van der Waals surface area contributed by atoms with Gasteiger partial charge >= 0.3 is 5.69 Å². The summed E-state index contributed by atoms with van der Waals surface area (Å²) in [5.41, 5.74) is 0.866. The monoisotopic (exact) mass is 376 g/mol. The van der Waals surface area contributed by atoms with Gasteiger partial charge in [0.25, 0.3) is 5.56 Å². The van der Waals surface area contributed by atoms with Crippen LogP contribution in [-0.4, -0.2) is 24.4 Å². The standard InChI is InChI=1S/C17H17ClN4O2S/c1-4-9-25-16-19-14-13(20(16)2)15(23)22(17(24)21(14)3)10-11-5-7-12(18)8-6-11/h4-8H,1,9-10H2,2-3H3. The number of hydrogen-bond acceptors (Lipinski definition) is 4. The lowest BCUT2D eigenvalue weighted by Gasteiger charge is -2.09. The quantitative estimate of drug-likeness (QED) is 0.506. The van der Waals surface area contributed by atoms with Gasteiger partial charge in [0.15, 0.2) is 16.3 Å². The summed E-state index contributed by atoms with van der Waals surface area (Å²) in [6.45, 7) is 3.87. The number of rotatable bonds is 5. The number of aromatic nitrogens is 4. The molecule has 1 aromatic carbocycles. The van der Waals surface area contributed by atoms with E-state index in [0.29, 0.717) is 27.1 Å². The summed E-state index contributed by atoms with van der Waals surface area (Å²) in [6.07, 6.45) is 1.77. The Hall–Kier alpha value is -2.25. The topological polar surface area (TPSA) is 61.8 Å². The van der Waals surface area contributed by atoms with Crippen LogP contribution in [0.5, 0.6) is 0 Å². The van der Waals surface area contributed by atoms with E-state index in [4.69, 9.17) is 11.6 Å². The molecule has 0 aliphatic rings. The average Bonchev–Trinajstić information content (AvgIpc) is 2.93. The van der Waals surface area contributed by atoms with E-state index in [-0.39, 0.29) is 12.1 Å². The van der Waals surface area contributed by atoms with Crippen LogP contribution >= 0.6 is 23.4 Å². The minimum Gasteiger partial charge on any atom is -0.316 e. The van der Waals surface area contributed by atoms with Crippen LogP contribution < -0.4 is 11.2 Å². The zero-order valence-electron chi connectivity index (χ0n) is 13.9. The third-order valence-corrected chi connectivity index (χ3v) is 5.18. The lowest BCUT2D eigenvalue weighted by atomic mass is 10.2. The largest absolute Gasteiger partial charge is 0.332 e. The number of halogens is 1. The van der Waals surface area contributed by atoms with Crippen molar-refractivity contribution in [3.05, 3.63) is 68.3 Å². The van der Waals surface area contributed by atoms with E-state index < -0.39 is 5.69 Å². The summed E-state index contributed by atoms with van der Waals surface area (Å²) in [6, 6.07) is 7.07. The predicted molar refractivity (Wildman–Crippen MR) is 102 cm³/mol. The summed E-state index contributed by atoms with van der Waals surface area (Å²) >= 11 is 7.35. The van der Waals surface area contributed by atoms with E-state index in [1.54, 1.807) is 49.0 Å². The number of aryl methyl sites for hydroxylation is 2. The molecule has 3 aromatic rings. The first-order valence-corrected chi connectivity index (χ1v) is 8.94. The minimum absolute atomic E-state index is 0.179. The second kappa shape index (κ2) is 6.93. The second-order valence-electron chi connectivity index (χ2n) is 5.58. The highest BCUT2D eigenvalue weighted by atomic mass is 35.5. The summed E-state index contributed by atoms with van der Waals surface area (Å²) in [5, 5.41) is 1.28. The van der Waals surface area contributed by atoms with Crippen molar-refractivity contribution < 1.29 is 0 Å². The van der Waals surface area contributed by atoms with Gasteiger partial charge in [-0.15, -0.1) is 6.58 Å². The third kappa shape index (κ3) is 3.17. The molecule has 0 N–H and O–H groups in total. The lowest BCUT2D eigenvalue weighted by Crippen LogP contribution is -2.39. The van der Waals surface area contributed by atoms with Gasteiger partial charge in [-0.25, -0.2) is 9.78 Å². The van der Waals surface area contributed by atoms with Crippen LogP contribution in [0.3, 0.4) is 0 Å². The van der Waals surface area contributed by atoms with Crippen LogP contribution in [0.2, 0.25) is 5.02 Å². The second-order valence-corrected chi connectivity index (χ2v) is 7.01. The predicted octanol–water partition coefficient (Wildman–Crippen LogP) is 2.41. The van der Waals surface area contributed by atoms with Crippen LogP contribution in [0.1, 0.15) is 5.56 Å². The SMILES string of the molecule is C=CCSc1nc2c(c(=O)n(Cc3ccc(Cl)cc3)c(=O)n2C)n1C. The molecule has 130 valence electrons. The fraction of sp³-hybridized carbons (Fsp3) is 0.235. The Morgan fingerprint density at radius 3 is 2.52 bits per heavy atom. The molecule has 0 aliphatic carbocycles. The Kier molecular flexibility index (Phi) is 4.87. The number of hydrogen-bond donors (Lipinski definition) is 0. The molecule has 2 aromatic heterocycles. The Morgan fingerprint density at radius 2 is 1.88 bits per heavy atom. The van der Waals surface area contributed by atoms with E-state index in [1.807, 2.05) is 0 Å². The number of nitrogens with zero attached hydrogens (tertiary/aromatic N) is 4. The highest BCUT2D eigenvalue weighted by Crippen LogP contribution is 2.20. The molecule has 0 spiro atoms. The molecule has 0 aliphatic heterocycles. The maximum Gasteiger partial charge on any atom is 0.332 e.